The maximum absolute atomic E-state index is 12.3. The summed E-state index contributed by atoms with van der Waals surface area (Å²) < 4.78 is 32.7. The summed E-state index contributed by atoms with van der Waals surface area (Å²) >= 11 is 3.21. The molecule has 1 amide bonds. The molecule has 0 bridgehead atoms. The molecule has 7 nitrogen and oxygen atoms in total. The number of nitrogens with one attached hydrogen (secondary N) is 2. The van der Waals surface area contributed by atoms with Gasteiger partial charge < -0.3 is 15.8 Å². The standard InChI is InChI=1S/C11H14BrN3O4S/c1-19-9-3-7(12)8(13)4-10(9)20(17,18)15-6-2-11(16)14-5-6/h3-4,6,15H,2,5,13H2,1H3,(H,14,16). The lowest BCUT2D eigenvalue weighted by Gasteiger charge is -2.15. The van der Waals surface area contributed by atoms with E-state index in [0.29, 0.717) is 4.47 Å². The Morgan fingerprint density at radius 3 is 2.75 bits per heavy atom. The molecule has 1 aliphatic rings. The Labute approximate surface area is 125 Å². The van der Waals surface area contributed by atoms with Gasteiger partial charge in [0, 0.05) is 29.2 Å². The summed E-state index contributed by atoms with van der Waals surface area (Å²) in [6, 6.07) is 2.33. The summed E-state index contributed by atoms with van der Waals surface area (Å²) in [5, 5.41) is 2.56. The number of ether oxygens (including phenoxy) is 1. The summed E-state index contributed by atoms with van der Waals surface area (Å²) in [5.74, 6) is -0.00385. The number of sulfonamides is 1. The first-order valence-corrected chi connectivity index (χ1v) is 8.03. The number of anilines is 1. The van der Waals surface area contributed by atoms with Gasteiger partial charge in [-0.3, -0.25) is 4.79 Å². The third kappa shape index (κ3) is 3.05. The molecule has 0 aromatic heterocycles. The van der Waals surface area contributed by atoms with Crippen molar-refractivity contribution in [3.05, 3.63) is 16.6 Å². The summed E-state index contributed by atoms with van der Waals surface area (Å²) in [6.07, 6.45) is 0.119. The molecule has 9 heteroatoms. The minimum Gasteiger partial charge on any atom is -0.495 e. The summed E-state index contributed by atoms with van der Waals surface area (Å²) in [7, 11) is -2.44. The van der Waals surface area contributed by atoms with Crippen LogP contribution in [0.25, 0.3) is 0 Å². The van der Waals surface area contributed by atoms with E-state index in [1.807, 2.05) is 0 Å². The van der Waals surface area contributed by atoms with E-state index in [4.69, 9.17) is 10.5 Å². The highest BCUT2D eigenvalue weighted by atomic mass is 79.9. The van der Waals surface area contributed by atoms with E-state index in [9.17, 15) is 13.2 Å². The molecule has 20 heavy (non-hydrogen) atoms. The van der Waals surface area contributed by atoms with Crippen molar-refractivity contribution in [1.82, 2.24) is 10.0 Å². The number of benzene rings is 1. The van der Waals surface area contributed by atoms with Crippen molar-refractivity contribution >= 4 is 37.5 Å². The highest BCUT2D eigenvalue weighted by Crippen LogP contribution is 2.32. The zero-order valence-corrected chi connectivity index (χ0v) is 13.0. The molecule has 2 rings (SSSR count). The van der Waals surface area contributed by atoms with Crippen LogP contribution in [-0.2, 0) is 14.8 Å². The van der Waals surface area contributed by atoms with Crippen molar-refractivity contribution in [3.63, 3.8) is 0 Å². The number of carbonyl (C=O) groups excluding carboxylic acids is 1. The number of nitrogen functional groups attached to an aromatic ring is 1. The van der Waals surface area contributed by atoms with Crippen LogP contribution in [0, 0.1) is 0 Å². The number of halogens is 1. The maximum Gasteiger partial charge on any atom is 0.244 e. The molecule has 0 saturated carbocycles. The van der Waals surface area contributed by atoms with Crippen LogP contribution < -0.4 is 20.5 Å². The molecule has 1 fully saturated rings. The number of carbonyl (C=O) groups is 1. The summed E-state index contributed by atoms with van der Waals surface area (Å²) in [5.41, 5.74) is 5.99. The number of rotatable bonds is 4. The fourth-order valence-corrected chi connectivity index (χ4v) is 3.64. The smallest absolute Gasteiger partial charge is 0.244 e. The van der Waals surface area contributed by atoms with Crippen molar-refractivity contribution in [1.29, 1.82) is 0 Å². The Morgan fingerprint density at radius 2 is 2.20 bits per heavy atom. The maximum atomic E-state index is 12.3. The Bertz CT molecular complexity index is 647. The first-order valence-electron chi connectivity index (χ1n) is 5.75. The van der Waals surface area contributed by atoms with E-state index in [0.717, 1.165) is 0 Å². The lowest BCUT2D eigenvalue weighted by Crippen LogP contribution is -2.36. The molecule has 1 aromatic carbocycles. The van der Waals surface area contributed by atoms with Crippen molar-refractivity contribution in [2.75, 3.05) is 19.4 Å². The Kier molecular flexibility index (Phi) is 4.21. The first kappa shape index (κ1) is 15.1. The predicted molar refractivity (Wildman–Crippen MR) is 76.8 cm³/mol. The molecule has 0 aliphatic carbocycles. The van der Waals surface area contributed by atoms with E-state index in [1.54, 1.807) is 0 Å². The molecular weight excluding hydrogens is 350 g/mol. The largest absolute Gasteiger partial charge is 0.495 e. The van der Waals surface area contributed by atoms with E-state index < -0.39 is 16.1 Å². The second kappa shape index (κ2) is 5.58. The lowest BCUT2D eigenvalue weighted by atomic mass is 10.3. The molecule has 0 spiro atoms. The Balaban J connectivity index is 2.33. The summed E-state index contributed by atoms with van der Waals surface area (Å²) in [6.45, 7) is 0.270. The molecule has 1 aliphatic heterocycles. The third-order valence-corrected chi connectivity index (χ3v) is 5.10. The average molecular weight is 364 g/mol. The van der Waals surface area contributed by atoms with Gasteiger partial charge in [-0.25, -0.2) is 13.1 Å². The molecular formula is C11H14BrN3O4S. The minimum absolute atomic E-state index is 0.0555. The first-order chi connectivity index (χ1) is 9.33. The van der Waals surface area contributed by atoms with Gasteiger partial charge in [0.1, 0.15) is 10.6 Å². The van der Waals surface area contributed by atoms with Gasteiger partial charge in [0.15, 0.2) is 0 Å². The van der Waals surface area contributed by atoms with Crippen LogP contribution in [-0.4, -0.2) is 34.0 Å². The van der Waals surface area contributed by atoms with Crippen LogP contribution in [0.2, 0.25) is 0 Å². The van der Waals surface area contributed by atoms with E-state index in [2.05, 4.69) is 26.0 Å². The van der Waals surface area contributed by atoms with Crippen LogP contribution in [0.15, 0.2) is 21.5 Å². The molecule has 110 valence electrons. The molecule has 1 unspecified atom stereocenters. The van der Waals surface area contributed by atoms with Gasteiger partial charge in [-0.15, -0.1) is 0 Å². The molecule has 1 saturated heterocycles. The number of methoxy groups -OCH3 is 1. The van der Waals surface area contributed by atoms with Gasteiger partial charge in [-0.05, 0) is 28.1 Å². The van der Waals surface area contributed by atoms with Crippen molar-refractivity contribution in [3.8, 4) is 5.75 Å². The predicted octanol–water partition coefficient (Wildman–Crippen LogP) is 0.207. The van der Waals surface area contributed by atoms with Crippen LogP contribution in [0.4, 0.5) is 5.69 Å². The second-order valence-corrected chi connectivity index (χ2v) is 6.89. The topological polar surface area (TPSA) is 111 Å². The molecule has 1 aromatic rings. The number of hydrogen-bond acceptors (Lipinski definition) is 5. The average Bonchev–Trinajstić information content (AvgIpc) is 2.76. The number of nitrogens with two attached hydrogens (primary N) is 1. The van der Waals surface area contributed by atoms with E-state index in [1.165, 1.54) is 19.2 Å². The zero-order valence-electron chi connectivity index (χ0n) is 10.6. The van der Waals surface area contributed by atoms with Gasteiger partial charge in [-0.1, -0.05) is 0 Å². The third-order valence-electron chi connectivity index (χ3n) is 2.87. The van der Waals surface area contributed by atoms with Crippen molar-refractivity contribution in [2.45, 2.75) is 17.4 Å². The SMILES string of the molecule is COc1cc(Br)c(N)cc1S(=O)(=O)NC1CNC(=O)C1. The fourth-order valence-electron chi connectivity index (χ4n) is 1.89. The van der Waals surface area contributed by atoms with Crippen LogP contribution in [0.1, 0.15) is 6.42 Å². The molecule has 0 radical (unpaired) electrons. The molecule has 1 heterocycles. The molecule has 1 atom stereocenters. The van der Waals surface area contributed by atoms with Crippen molar-refractivity contribution < 1.29 is 17.9 Å². The molecule has 4 N–H and O–H groups in total. The lowest BCUT2D eigenvalue weighted by molar-refractivity contribution is -0.119. The Morgan fingerprint density at radius 1 is 1.50 bits per heavy atom. The van der Waals surface area contributed by atoms with Crippen molar-refractivity contribution in [2.24, 2.45) is 0 Å². The Hall–Kier alpha value is -1.32. The second-order valence-electron chi connectivity index (χ2n) is 4.35. The number of amides is 1. The highest BCUT2D eigenvalue weighted by Gasteiger charge is 2.29. The normalized spacial score (nSPS) is 18.9. The summed E-state index contributed by atoms with van der Waals surface area (Å²) in [4.78, 5) is 11.0. The van der Waals surface area contributed by atoms with E-state index >= 15 is 0 Å². The fraction of sp³-hybridized carbons (Fsp3) is 0.364. The zero-order chi connectivity index (χ0) is 14.9. The van der Waals surface area contributed by atoms with Gasteiger partial charge in [0.25, 0.3) is 0 Å². The van der Waals surface area contributed by atoms with Gasteiger partial charge in [-0.2, -0.15) is 0 Å². The highest BCUT2D eigenvalue weighted by molar-refractivity contribution is 9.10. The van der Waals surface area contributed by atoms with Gasteiger partial charge >= 0.3 is 0 Å². The van der Waals surface area contributed by atoms with Crippen LogP contribution >= 0.6 is 15.9 Å². The van der Waals surface area contributed by atoms with Gasteiger partial charge in [0.2, 0.25) is 15.9 Å². The van der Waals surface area contributed by atoms with Gasteiger partial charge in [0.05, 0.1) is 7.11 Å². The monoisotopic (exact) mass is 363 g/mol. The quantitative estimate of drug-likeness (QED) is 0.662. The van der Waals surface area contributed by atoms with Crippen LogP contribution in [0.5, 0.6) is 5.75 Å². The minimum atomic E-state index is -3.82. The number of hydrogen-bond donors (Lipinski definition) is 3. The van der Waals surface area contributed by atoms with E-state index in [-0.39, 0.29) is 35.2 Å². The van der Waals surface area contributed by atoms with Crippen LogP contribution in [0.3, 0.4) is 0 Å².